The van der Waals surface area contributed by atoms with Crippen molar-refractivity contribution in [1.82, 2.24) is 5.32 Å². The summed E-state index contributed by atoms with van der Waals surface area (Å²) >= 11 is 0. The molecule has 1 heterocycles. The molecule has 0 aliphatic carbocycles. The molecule has 2 unspecified atom stereocenters. The van der Waals surface area contributed by atoms with Crippen LogP contribution in [-0.2, 0) is 0 Å². The minimum atomic E-state index is 0.617. The molecular formula is C10H13N. The predicted octanol–water partition coefficient (Wildman–Crippen LogP) is 2.11. The quantitative estimate of drug-likeness (QED) is 0.641. The molecule has 1 aliphatic heterocycles. The molecule has 58 valence electrons. The van der Waals surface area contributed by atoms with Gasteiger partial charge in [-0.15, -0.1) is 0 Å². The molecule has 1 fully saturated rings. The standard InChI is InChI=1S/C10H13N/c1-8-7-10(11-8)9-5-3-2-4-6-9/h2-6,8,10-11H,7H2,1H3. The lowest BCUT2D eigenvalue weighted by Gasteiger charge is -2.35. The first-order valence-corrected chi connectivity index (χ1v) is 4.17. The highest BCUT2D eigenvalue weighted by Crippen LogP contribution is 2.26. The highest BCUT2D eigenvalue weighted by Gasteiger charge is 2.24. The Morgan fingerprint density at radius 1 is 1.27 bits per heavy atom. The normalized spacial score (nSPS) is 29.5. The fourth-order valence-electron chi connectivity index (χ4n) is 1.59. The maximum Gasteiger partial charge on any atom is 0.0337 e. The average molecular weight is 147 g/mol. The van der Waals surface area contributed by atoms with Gasteiger partial charge in [0.15, 0.2) is 0 Å². The molecular weight excluding hydrogens is 134 g/mol. The summed E-state index contributed by atoms with van der Waals surface area (Å²) in [6.07, 6.45) is 1.28. The van der Waals surface area contributed by atoms with E-state index >= 15 is 0 Å². The van der Waals surface area contributed by atoms with E-state index in [-0.39, 0.29) is 0 Å². The molecule has 1 nitrogen and oxygen atoms in total. The summed E-state index contributed by atoms with van der Waals surface area (Å²) in [6, 6.07) is 11.9. The highest BCUT2D eigenvalue weighted by molar-refractivity contribution is 5.21. The van der Waals surface area contributed by atoms with E-state index in [0.29, 0.717) is 12.1 Å². The van der Waals surface area contributed by atoms with Gasteiger partial charge in [-0.05, 0) is 18.9 Å². The Balaban J connectivity index is 2.08. The minimum absolute atomic E-state index is 0.617. The maximum absolute atomic E-state index is 3.46. The van der Waals surface area contributed by atoms with Gasteiger partial charge in [0.2, 0.25) is 0 Å². The second-order valence-electron chi connectivity index (χ2n) is 3.27. The fraction of sp³-hybridized carbons (Fsp3) is 0.400. The average Bonchev–Trinajstić information content (AvgIpc) is 2.01. The van der Waals surface area contributed by atoms with Crippen LogP contribution in [0.2, 0.25) is 0 Å². The van der Waals surface area contributed by atoms with Crippen LogP contribution >= 0.6 is 0 Å². The molecule has 0 spiro atoms. The molecule has 1 saturated heterocycles. The number of rotatable bonds is 1. The second-order valence-corrected chi connectivity index (χ2v) is 3.27. The van der Waals surface area contributed by atoms with Crippen LogP contribution in [0, 0.1) is 0 Å². The van der Waals surface area contributed by atoms with Gasteiger partial charge in [0, 0.05) is 12.1 Å². The fourth-order valence-corrected chi connectivity index (χ4v) is 1.59. The molecule has 1 N–H and O–H groups in total. The Morgan fingerprint density at radius 3 is 2.45 bits per heavy atom. The van der Waals surface area contributed by atoms with E-state index in [1.54, 1.807) is 0 Å². The number of hydrogen-bond donors (Lipinski definition) is 1. The van der Waals surface area contributed by atoms with Gasteiger partial charge in [0.05, 0.1) is 0 Å². The van der Waals surface area contributed by atoms with Crippen LogP contribution in [0.4, 0.5) is 0 Å². The summed E-state index contributed by atoms with van der Waals surface area (Å²) in [4.78, 5) is 0. The van der Waals surface area contributed by atoms with E-state index in [1.807, 2.05) is 0 Å². The van der Waals surface area contributed by atoms with Crippen LogP contribution in [-0.4, -0.2) is 6.04 Å². The van der Waals surface area contributed by atoms with Crippen molar-refractivity contribution in [3.8, 4) is 0 Å². The van der Waals surface area contributed by atoms with Gasteiger partial charge < -0.3 is 5.32 Å². The molecule has 0 radical (unpaired) electrons. The summed E-state index contributed by atoms with van der Waals surface area (Å²) < 4.78 is 0. The van der Waals surface area contributed by atoms with Crippen LogP contribution in [0.1, 0.15) is 24.9 Å². The SMILES string of the molecule is CC1CC(c2ccccc2)N1. The van der Waals surface area contributed by atoms with Gasteiger partial charge in [-0.3, -0.25) is 0 Å². The third-order valence-electron chi connectivity index (χ3n) is 2.28. The maximum atomic E-state index is 3.46. The van der Waals surface area contributed by atoms with Crippen molar-refractivity contribution in [2.75, 3.05) is 0 Å². The summed E-state index contributed by atoms with van der Waals surface area (Å²) in [7, 11) is 0. The Labute approximate surface area is 67.4 Å². The highest BCUT2D eigenvalue weighted by atomic mass is 15.0. The van der Waals surface area contributed by atoms with Crippen molar-refractivity contribution in [3.05, 3.63) is 35.9 Å². The van der Waals surface area contributed by atoms with Crippen LogP contribution < -0.4 is 5.32 Å². The topological polar surface area (TPSA) is 12.0 Å². The summed E-state index contributed by atoms with van der Waals surface area (Å²) in [6.45, 7) is 2.22. The summed E-state index contributed by atoms with van der Waals surface area (Å²) in [5.41, 5.74) is 1.42. The molecule has 1 heteroatoms. The third-order valence-corrected chi connectivity index (χ3v) is 2.28. The molecule has 1 aliphatic rings. The smallest absolute Gasteiger partial charge is 0.0337 e. The third kappa shape index (κ3) is 1.29. The Bertz CT molecular complexity index is 224. The summed E-state index contributed by atoms with van der Waals surface area (Å²) in [5, 5.41) is 3.46. The Hall–Kier alpha value is -0.820. The zero-order chi connectivity index (χ0) is 7.68. The van der Waals surface area contributed by atoms with Crippen LogP contribution in [0.25, 0.3) is 0 Å². The van der Waals surface area contributed by atoms with Gasteiger partial charge in [-0.25, -0.2) is 0 Å². The van der Waals surface area contributed by atoms with Gasteiger partial charge in [-0.1, -0.05) is 30.3 Å². The zero-order valence-electron chi connectivity index (χ0n) is 6.75. The minimum Gasteiger partial charge on any atom is -0.307 e. The van der Waals surface area contributed by atoms with Gasteiger partial charge in [0.25, 0.3) is 0 Å². The molecule has 2 atom stereocenters. The molecule has 11 heavy (non-hydrogen) atoms. The lowest BCUT2D eigenvalue weighted by atomic mass is 9.92. The molecule has 1 aromatic carbocycles. The zero-order valence-corrected chi connectivity index (χ0v) is 6.75. The number of benzene rings is 1. The lowest BCUT2D eigenvalue weighted by Crippen LogP contribution is -2.43. The number of hydrogen-bond acceptors (Lipinski definition) is 1. The molecule has 0 saturated carbocycles. The predicted molar refractivity (Wildman–Crippen MR) is 46.4 cm³/mol. The van der Waals surface area contributed by atoms with Crippen LogP contribution in [0.5, 0.6) is 0 Å². The number of nitrogens with one attached hydrogen (secondary N) is 1. The Morgan fingerprint density at radius 2 is 1.91 bits per heavy atom. The lowest BCUT2D eigenvalue weighted by molar-refractivity contribution is 0.288. The van der Waals surface area contributed by atoms with Crippen molar-refractivity contribution < 1.29 is 0 Å². The van der Waals surface area contributed by atoms with E-state index in [2.05, 4.69) is 42.6 Å². The second kappa shape index (κ2) is 2.67. The molecule has 2 rings (SSSR count). The first-order chi connectivity index (χ1) is 5.36. The van der Waals surface area contributed by atoms with E-state index < -0.39 is 0 Å². The van der Waals surface area contributed by atoms with Crippen molar-refractivity contribution >= 4 is 0 Å². The van der Waals surface area contributed by atoms with Gasteiger partial charge in [0.1, 0.15) is 0 Å². The van der Waals surface area contributed by atoms with E-state index in [4.69, 9.17) is 0 Å². The monoisotopic (exact) mass is 147 g/mol. The van der Waals surface area contributed by atoms with Crippen molar-refractivity contribution in [2.24, 2.45) is 0 Å². The van der Waals surface area contributed by atoms with Crippen molar-refractivity contribution in [3.63, 3.8) is 0 Å². The van der Waals surface area contributed by atoms with Crippen LogP contribution in [0.3, 0.4) is 0 Å². The van der Waals surface area contributed by atoms with E-state index in [9.17, 15) is 0 Å². The first-order valence-electron chi connectivity index (χ1n) is 4.17. The van der Waals surface area contributed by atoms with E-state index in [0.717, 1.165) is 0 Å². The first kappa shape index (κ1) is 6.86. The molecule has 0 bridgehead atoms. The van der Waals surface area contributed by atoms with E-state index in [1.165, 1.54) is 12.0 Å². The largest absolute Gasteiger partial charge is 0.307 e. The molecule has 1 aromatic rings. The van der Waals surface area contributed by atoms with Gasteiger partial charge in [-0.2, -0.15) is 0 Å². The van der Waals surface area contributed by atoms with Crippen LogP contribution in [0.15, 0.2) is 30.3 Å². The van der Waals surface area contributed by atoms with Crippen molar-refractivity contribution in [1.29, 1.82) is 0 Å². The molecule has 0 aromatic heterocycles. The van der Waals surface area contributed by atoms with Gasteiger partial charge >= 0.3 is 0 Å². The summed E-state index contributed by atoms with van der Waals surface area (Å²) in [5.74, 6) is 0. The molecule has 0 amide bonds. The Kier molecular flexibility index (Phi) is 1.66. The van der Waals surface area contributed by atoms with Crippen molar-refractivity contribution in [2.45, 2.75) is 25.4 Å².